The molecule has 0 aromatic heterocycles. The van der Waals surface area contributed by atoms with Gasteiger partial charge in [0.15, 0.2) is 9.84 Å². The Balaban J connectivity index is 2.08. The molecular formula is C16H26N2O2S. The summed E-state index contributed by atoms with van der Waals surface area (Å²) in [7, 11) is -1.11. The fraction of sp³-hybridized carbons (Fsp3) is 0.625. The van der Waals surface area contributed by atoms with E-state index >= 15 is 0 Å². The van der Waals surface area contributed by atoms with Crippen molar-refractivity contribution in [3.05, 3.63) is 24.3 Å². The Kier molecular flexibility index (Phi) is 5.65. The lowest BCUT2D eigenvalue weighted by Crippen LogP contribution is -2.39. The molecule has 2 rings (SSSR count). The maximum absolute atomic E-state index is 12.0. The highest BCUT2D eigenvalue weighted by molar-refractivity contribution is 7.91. The van der Waals surface area contributed by atoms with E-state index in [4.69, 9.17) is 0 Å². The normalized spacial score (nSPS) is 19.7. The Hall–Kier alpha value is -1.07. The summed E-state index contributed by atoms with van der Waals surface area (Å²) in [6.45, 7) is 5.03. The maximum Gasteiger partial charge on any atom is 0.178 e. The Bertz CT molecular complexity index is 538. The van der Waals surface area contributed by atoms with Gasteiger partial charge < -0.3 is 10.2 Å². The molecule has 1 aliphatic rings. The van der Waals surface area contributed by atoms with Crippen LogP contribution in [0.4, 0.5) is 5.69 Å². The van der Waals surface area contributed by atoms with Crippen LogP contribution in [-0.4, -0.2) is 40.9 Å². The minimum atomic E-state index is -3.11. The number of hydrogen-bond acceptors (Lipinski definition) is 4. The predicted molar refractivity (Wildman–Crippen MR) is 87.6 cm³/mol. The second-order valence-corrected chi connectivity index (χ2v) is 7.93. The van der Waals surface area contributed by atoms with Crippen molar-refractivity contribution in [1.29, 1.82) is 0 Å². The van der Waals surface area contributed by atoms with Crippen LogP contribution < -0.4 is 10.2 Å². The summed E-state index contributed by atoms with van der Waals surface area (Å²) in [4.78, 5) is 2.80. The van der Waals surface area contributed by atoms with Gasteiger partial charge in [-0.15, -0.1) is 0 Å². The van der Waals surface area contributed by atoms with Crippen molar-refractivity contribution in [2.75, 3.05) is 37.3 Å². The zero-order chi connectivity index (χ0) is 15.3. The van der Waals surface area contributed by atoms with Crippen molar-refractivity contribution >= 4 is 15.5 Å². The van der Waals surface area contributed by atoms with Gasteiger partial charge >= 0.3 is 0 Å². The highest BCUT2D eigenvalue weighted by Crippen LogP contribution is 2.24. The van der Waals surface area contributed by atoms with E-state index in [-0.39, 0.29) is 5.75 Å². The van der Waals surface area contributed by atoms with Gasteiger partial charge in [0.2, 0.25) is 0 Å². The summed E-state index contributed by atoms with van der Waals surface area (Å²) in [5.74, 6) is 0.896. The number of nitrogens with one attached hydrogen (secondary N) is 1. The van der Waals surface area contributed by atoms with Crippen molar-refractivity contribution in [1.82, 2.24) is 5.32 Å². The second-order valence-electron chi connectivity index (χ2n) is 5.82. The maximum atomic E-state index is 12.0. The van der Waals surface area contributed by atoms with Crippen LogP contribution >= 0.6 is 0 Å². The first-order chi connectivity index (χ1) is 10.1. The average molecular weight is 310 g/mol. The van der Waals surface area contributed by atoms with Gasteiger partial charge in [-0.05, 0) is 63.0 Å². The number of piperidine rings is 1. The van der Waals surface area contributed by atoms with Crippen LogP contribution in [-0.2, 0) is 9.84 Å². The first-order valence-corrected chi connectivity index (χ1v) is 9.44. The van der Waals surface area contributed by atoms with Gasteiger partial charge in [-0.25, -0.2) is 8.42 Å². The molecule has 0 bridgehead atoms. The van der Waals surface area contributed by atoms with Crippen molar-refractivity contribution in [3.8, 4) is 0 Å². The third-order valence-corrected chi connectivity index (χ3v) is 5.98. The van der Waals surface area contributed by atoms with Crippen LogP contribution in [0.15, 0.2) is 29.2 Å². The number of rotatable bonds is 6. The van der Waals surface area contributed by atoms with Crippen molar-refractivity contribution in [2.24, 2.45) is 5.92 Å². The molecule has 1 aromatic rings. The molecule has 1 atom stereocenters. The van der Waals surface area contributed by atoms with Gasteiger partial charge in [-0.1, -0.05) is 6.92 Å². The molecule has 0 amide bonds. The Morgan fingerprint density at radius 3 is 2.62 bits per heavy atom. The predicted octanol–water partition coefficient (Wildman–Crippen LogP) is 2.31. The highest BCUT2D eigenvalue weighted by atomic mass is 32.2. The molecule has 1 aliphatic heterocycles. The zero-order valence-corrected chi connectivity index (χ0v) is 13.8. The largest absolute Gasteiger partial charge is 0.371 e. The SMILES string of the molecule is CCCS(=O)(=O)c1ccc(N2CCCC(CNC)C2)cc1. The van der Waals surface area contributed by atoms with E-state index in [0.717, 1.165) is 25.3 Å². The van der Waals surface area contributed by atoms with E-state index in [9.17, 15) is 8.42 Å². The van der Waals surface area contributed by atoms with Crippen molar-refractivity contribution in [3.63, 3.8) is 0 Å². The van der Waals surface area contributed by atoms with E-state index in [2.05, 4.69) is 10.2 Å². The minimum Gasteiger partial charge on any atom is -0.371 e. The van der Waals surface area contributed by atoms with E-state index in [1.54, 1.807) is 12.1 Å². The summed E-state index contributed by atoms with van der Waals surface area (Å²) in [6.07, 6.45) is 3.12. The van der Waals surface area contributed by atoms with Gasteiger partial charge in [0, 0.05) is 18.8 Å². The van der Waals surface area contributed by atoms with Crippen molar-refractivity contribution < 1.29 is 8.42 Å². The zero-order valence-electron chi connectivity index (χ0n) is 13.0. The average Bonchev–Trinajstić information content (AvgIpc) is 2.48. The quantitative estimate of drug-likeness (QED) is 0.876. The number of benzene rings is 1. The molecule has 0 spiro atoms. The number of nitrogens with zero attached hydrogens (tertiary/aromatic N) is 1. The standard InChI is InChI=1S/C16H26N2O2S/c1-3-11-21(19,20)16-8-6-15(7-9-16)18-10-4-5-14(13-18)12-17-2/h6-9,14,17H,3-5,10-13H2,1-2H3. The van der Waals surface area contributed by atoms with Gasteiger partial charge in [-0.3, -0.25) is 0 Å². The topological polar surface area (TPSA) is 49.4 Å². The molecule has 0 aliphatic carbocycles. The molecule has 1 fully saturated rings. The highest BCUT2D eigenvalue weighted by Gasteiger charge is 2.20. The van der Waals surface area contributed by atoms with Crippen molar-refractivity contribution in [2.45, 2.75) is 31.1 Å². The fourth-order valence-corrected chi connectivity index (χ4v) is 4.33. The van der Waals surface area contributed by atoms with E-state index in [1.807, 2.05) is 26.1 Å². The molecular weight excluding hydrogens is 284 g/mol. The molecule has 0 saturated carbocycles. The monoisotopic (exact) mass is 310 g/mol. The van der Waals surface area contributed by atoms with Crippen LogP contribution in [0.3, 0.4) is 0 Å². The molecule has 1 heterocycles. The third-order valence-electron chi connectivity index (χ3n) is 4.05. The number of anilines is 1. The molecule has 0 radical (unpaired) electrons. The molecule has 1 N–H and O–H groups in total. The summed E-state index contributed by atoms with van der Waals surface area (Å²) in [5.41, 5.74) is 1.13. The molecule has 4 nitrogen and oxygen atoms in total. The third kappa shape index (κ3) is 4.20. The molecule has 1 saturated heterocycles. The number of sulfone groups is 1. The Labute approximate surface area is 128 Å². The number of hydrogen-bond donors (Lipinski definition) is 1. The summed E-state index contributed by atoms with van der Waals surface area (Å²) < 4.78 is 24.1. The van der Waals surface area contributed by atoms with E-state index in [0.29, 0.717) is 17.2 Å². The summed E-state index contributed by atoms with van der Waals surface area (Å²) in [5, 5.41) is 3.25. The van der Waals surface area contributed by atoms with Crippen LogP contribution in [0.25, 0.3) is 0 Å². The molecule has 21 heavy (non-hydrogen) atoms. The molecule has 5 heteroatoms. The van der Waals surface area contributed by atoms with Gasteiger partial charge in [-0.2, -0.15) is 0 Å². The molecule has 1 unspecified atom stereocenters. The van der Waals surface area contributed by atoms with Gasteiger partial charge in [0.05, 0.1) is 10.6 Å². The second kappa shape index (κ2) is 7.27. The van der Waals surface area contributed by atoms with Crippen LogP contribution in [0.5, 0.6) is 0 Å². The van der Waals surface area contributed by atoms with Gasteiger partial charge in [0.1, 0.15) is 0 Å². The molecule has 118 valence electrons. The first-order valence-electron chi connectivity index (χ1n) is 7.79. The fourth-order valence-electron chi connectivity index (χ4n) is 3.01. The lowest BCUT2D eigenvalue weighted by atomic mass is 9.97. The Morgan fingerprint density at radius 1 is 1.29 bits per heavy atom. The first kappa shape index (κ1) is 16.3. The van der Waals surface area contributed by atoms with E-state index in [1.165, 1.54) is 12.8 Å². The summed E-state index contributed by atoms with van der Waals surface area (Å²) in [6, 6.07) is 7.40. The Morgan fingerprint density at radius 2 is 2.00 bits per heavy atom. The van der Waals surface area contributed by atoms with Crippen LogP contribution in [0.1, 0.15) is 26.2 Å². The lowest BCUT2D eigenvalue weighted by molar-refractivity contribution is 0.403. The van der Waals surface area contributed by atoms with Crippen LogP contribution in [0, 0.1) is 5.92 Å². The molecule has 1 aromatic carbocycles. The summed E-state index contributed by atoms with van der Waals surface area (Å²) >= 11 is 0. The van der Waals surface area contributed by atoms with Gasteiger partial charge in [0.25, 0.3) is 0 Å². The van der Waals surface area contributed by atoms with Crippen LogP contribution in [0.2, 0.25) is 0 Å². The van der Waals surface area contributed by atoms with E-state index < -0.39 is 9.84 Å². The lowest BCUT2D eigenvalue weighted by Gasteiger charge is -2.34. The minimum absolute atomic E-state index is 0.223. The smallest absolute Gasteiger partial charge is 0.178 e.